The van der Waals surface area contributed by atoms with Gasteiger partial charge < -0.3 is 10.2 Å². The molecule has 1 aromatic rings. The van der Waals surface area contributed by atoms with E-state index in [1.807, 2.05) is 31.1 Å². The predicted octanol–water partition coefficient (Wildman–Crippen LogP) is 1.83. The first-order valence-corrected chi connectivity index (χ1v) is 9.62. The van der Waals surface area contributed by atoms with E-state index in [9.17, 15) is 13.2 Å². The number of anilines is 2. The lowest BCUT2D eigenvalue weighted by atomic mass is 10.2. The van der Waals surface area contributed by atoms with Gasteiger partial charge in [-0.1, -0.05) is 19.8 Å². The Morgan fingerprint density at radius 3 is 2.13 bits per heavy atom. The molecule has 0 aliphatic carbocycles. The van der Waals surface area contributed by atoms with Crippen molar-refractivity contribution in [2.75, 3.05) is 42.6 Å². The van der Waals surface area contributed by atoms with Crippen LogP contribution in [0.2, 0.25) is 0 Å². The molecule has 0 spiro atoms. The minimum absolute atomic E-state index is 0.202. The molecule has 7 heteroatoms. The minimum Gasteiger partial charge on any atom is -0.378 e. The fourth-order valence-electron chi connectivity index (χ4n) is 2.11. The van der Waals surface area contributed by atoms with E-state index < -0.39 is 10.0 Å². The third kappa shape index (κ3) is 6.48. The summed E-state index contributed by atoms with van der Waals surface area (Å²) in [5, 5.41) is 2.77. The zero-order chi connectivity index (χ0) is 17.5. The van der Waals surface area contributed by atoms with Gasteiger partial charge in [-0.15, -0.1) is 0 Å². The van der Waals surface area contributed by atoms with E-state index in [0.717, 1.165) is 35.5 Å². The number of nitrogens with zero attached hydrogens (tertiary/aromatic N) is 2. The fraction of sp³-hybridized carbons (Fsp3) is 0.562. The second-order valence-corrected chi connectivity index (χ2v) is 7.64. The molecule has 0 heterocycles. The maximum absolute atomic E-state index is 12.0. The summed E-state index contributed by atoms with van der Waals surface area (Å²) in [6.45, 7) is 2.46. The van der Waals surface area contributed by atoms with E-state index in [0.29, 0.717) is 12.2 Å². The smallest absolute Gasteiger partial charge is 0.240 e. The second-order valence-electron chi connectivity index (χ2n) is 5.74. The van der Waals surface area contributed by atoms with Gasteiger partial charge in [0.25, 0.3) is 0 Å². The third-order valence-electron chi connectivity index (χ3n) is 3.44. The Kier molecular flexibility index (Phi) is 7.35. The third-order valence-corrected chi connectivity index (χ3v) is 4.58. The molecule has 0 saturated heterocycles. The highest BCUT2D eigenvalue weighted by Crippen LogP contribution is 2.21. The van der Waals surface area contributed by atoms with Crippen LogP contribution in [0.15, 0.2) is 24.3 Å². The predicted molar refractivity (Wildman–Crippen MR) is 95.5 cm³/mol. The van der Waals surface area contributed by atoms with Crippen molar-refractivity contribution < 1.29 is 13.2 Å². The van der Waals surface area contributed by atoms with E-state index in [4.69, 9.17) is 0 Å². The maximum Gasteiger partial charge on any atom is 0.240 e. The van der Waals surface area contributed by atoms with Gasteiger partial charge in [0.1, 0.15) is 6.54 Å². The van der Waals surface area contributed by atoms with Crippen molar-refractivity contribution in [3.05, 3.63) is 24.3 Å². The number of carbonyl (C=O) groups excluding carboxylic acids is 1. The van der Waals surface area contributed by atoms with Crippen LogP contribution in [0.25, 0.3) is 0 Å². The van der Waals surface area contributed by atoms with Gasteiger partial charge in [0.2, 0.25) is 15.9 Å². The first kappa shape index (κ1) is 19.3. The van der Waals surface area contributed by atoms with Crippen molar-refractivity contribution in [3.8, 4) is 0 Å². The van der Waals surface area contributed by atoms with Crippen molar-refractivity contribution in [2.45, 2.75) is 26.2 Å². The molecule has 0 bridgehead atoms. The monoisotopic (exact) mass is 341 g/mol. The molecule has 0 aliphatic heterocycles. The van der Waals surface area contributed by atoms with Gasteiger partial charge >= 0.3 is 0 Å². The summed E-state index contributed by atoms with van der Waals surface area (Å²) in [6, 6.07) is 7.07. The van der Waals surface area contributed by atoms with Crippen molar-refractivity contribution in [1.29, 1.82) is 0 Å². The van der Waals surface area contributed by atoms with E-state index in [1.165, 1.54) is 0 Å². The van der Waals surface area contributed by atoms with Crippen LogP contribution in [0.3, 0.4) is 0 Å². The first-order chi connectivity index (χ1) is 10.8. The number of benzene rings is 1. The zero-order valence-electron chi connectivity index (χ0n) is 14.4. The van der Waals surface area contributed by atoms with Crippen LogP contribution >= 0.6 is 0 Å². The highest BCUT2D eigenvalue weighted by atomic mass is 32.2. The second kappa shape index (κ2) is 8.76. The molecule has 6 nitrogen and oxygen atoms in total. The summed E-state index contributed by atoms with van der Waals surface area (Å²) in [6.07, 6.45) is 4.13. The van der Waals surface area contributed by atoms with E-state index in [2.05, 4.69) is 12.2 Å². The fourth-order valence-corrected chi connectivity index (χ4v) is 2.96. The highest BCUT2D eigenvalue weighted by Gasteiger charge is 2.20. The van der Waals surface area contributed by atoms with Crippen LogP contribution < -0.4 is 14.5 Å². The quantitative estimate of drug-likeness (QED) is 0.696. The number of rotatable bonds is 9. The van der Waals surface area contributed by atoms with Crippen molar-refractivity contribution in [3.63, 3.8) is 0 Å². The Hall–Kier alpha value is -1.76. The lowest BCUT2D eigenvalue weighted by Crippen LogP contribution is -2.40. The van der Waals surface area contributed by atoms with Gasteiger partial charge in [0.05, 0.1) is 11.9 Å². The Bertz CT molecular complexity index is 598. The molecule has 23 heavy (non-hydrogen) atoms. The molecule has 1 aromatic carbocycles. The Morgan fingerprint density at radius 1 is 1.09 bits per heavy atom. The molecule has 1 amide bonds. The lowest BCUT2D eigenvalue weighted by molar-refractivity contribution is -0.119. The van der Waals surface area contributed by atoms with Crippen LogP contribution in [0, 0.1) is 0 Å². The molecule has 0 aliphatic rings. The average molecular weight is 341 g/mol. The molecule has 1 rings (SSSR count). The van der Waals surface area contributed by atoms with Gasteiger partial charge in [-0.05, 0) is 30.7 Å². The number of unbranched alkanes of at least 4 members (excludes halogenated alkanes) is 2. The number of amides is 1. The molecular formula is C16H27N3O3S. The largest absolute Gasteiger partial charge is 0.378 e. The minimum atomic E-state index is -3.52. The number of carbonyl (C=O) groups is 1. The van der Waals surface area contributed by atoms with Gasteiger partial charge in [0.15, 0.2) is 0 Å². The maximum atomic E-state index is 12.0. The molecule has 0 unspecified atom stereocenters. The van der Waals surface area contributed by atoms with Crippen molar-refractivity contribution >= 4 is 27.3 Å². The number of hydrogen-bond acceptors (Lipinski definition) is 4. The van der Waals surface area contributed by atoms with E-state index in [-0.39, 0.29) is 12.5 Å². The number of hydrogen-bond donors (Lipinski definition) is 1. The van der Waals surface area contributed by atoms with Gasteiger partial charge in [-0.3, -0.25) is 9.10 Å². The Balaban J connectivity index is 2.79. The normalized spacial score (nSPS) is 11.1. The van der Waals surface area contributed by atoms with E-state index >= 15 is 0 Å². The highest BCUT2D eigenvalue weighted by molar-refractivity contribution is 7.92. The van der Waals surface area contributed by atoms with Crippen molar-refractivity contribution in [2.24, 2.45) is 0 Å². The number of nitrogens with one attached hydrogen (secondary N) is 1. The SMILES string of the molecule is CCCCCNC(=O)CN(c1ccc(N(C)C)cc1)S(C)(=O)=O. The topological polar surface area (TPSA) is 69.7 Å². The summed E-state index contributed by atoms with van der Waals surface area (Å²) >= 11 is 0. The van der Waals surface area contributed by atoms with Crippen LogP contribution in [0.4, 0.5) is 11.4 Å². The molecule has 0 atom stereocenters. The summed E-state index contributed by atoms with van der Waals surface area (Å²) in [7, 11) is 0.297. The van der Waals surface area contributed by atoms with Gasteiger partial charge in [0, 0.05) is 26.3 Å². The van der Waals surface area contributed by atoms with Crippen LogP contribution in [-0.2, 0) is 14.8 Å². The molecule has 130 valence electrons. The number of sulfonamides is 1. The molecule has 0 fully saturated rings. The van der Waals surface area contributed by atoms with E-state index in [1.54, 1.807) is 12.1 Å². The summed E-state index contributed by atoms with van der Waals surface area (Å²) in [5.74, 6) is -0.289. The summed E-state index contributed by atoms with van der Waals surface area (Å²) in [4.78, 5) is 13.9. The standard InChI is InChI=1S/C16H27N3O3S/c1-5-6-7-12-17-16(20)13-19(23(4,21)22)15-10-8-14(9-11-15)18(2)3/h8-11H,5-7,12-13H2,1-4H3,(H,17,20). The van der Waals surface area contributed by atoms with Crippen LogP contribution in [0.1, 0.15) is 26.2 Å². The zero-order valence-corrected chi connectivity index (χ0v) is 15.2. The average Bonchev–Trinajstić information content (AvgIpc) is 2.48. The Labute approximate surface area is 139 Å². The molecular weight excluding hydrogens is 314 g/mol. The Morgan fingerprint density at radius 2 is 1.65 bits per heavy atom. The van der Waals surface area contributed by atoms with Crippen molar-refractivity contribution in [1.82, 2.24) is 5.32 Å². The first-order valence-electron chi connectivity index (χ1n) is 7.77. The lowest BCUT2D eigenvalue weighted by Gasteiger charge is -2.23. The van der Waals surface area contributed by atoms with Crippen LogP contribution in [-0.4, -0.2) is 47.8 Å². The van der Waals surface area contributed by atoms with Gasteiger partial charge in [-0.25, -0.2) is 8.42 Å². The summed E-state index contributed by atoms with van der Waals surface area (Å²) < 4.78 is 25.1. The molecule has 1 N–H and O–H groups in total. The molecule has 0 aromatic heterocycles. The van der Waals surface area contributed by atoms with Gasteiger partial charge in [-0.2, -0.15) is 0 Å². The molecule has 0 saturated carbocycles. The summed E-state index contributed by atoms with van der Waals surface area (Å²) in [5.41, 5.74) is 1.45. The van der Waals surface area contributed by atoms with Crippen LogP contribution in [0.5, 0.6) is 0 Å². The molecule has 0 radical (unpaired) electrons.